The Bertz CT molecular complexity index is 1090. The van der Waals surface area contributed by atoms with Crippen molar-refractivity contribution < 1.29 is 27.6 Å². The Labute approximate surface area is 178 Å². The van der Waals surface area contributed by atoms with Crippen LogP contribution in [-0.4, -0.2) is 21.9 Å². The lowest BCUT2D eigenvalue weighted by molar-refractivity contribution is -0.384. The van der Waals surface area contributed by atoms with Gasteiger partial charge in [-0.2, -0.15) is 13.2 Å². The van der Waals surface area contributed by atoms with Crippen molar-refractivity contribution in [3.8, 4) is 10.6 Å². The van der Waals surface area contributed by atoms with Gasteiger partial charge in [-0.25, -0.2) is 9.78 Å². The van der Waals surface area contributed by atoms with Gasteiger partial charge in [-0.1, -0.05) is 30.3 Å². The van der Waals surface area contributed by atoms with Gasteiger partial charge in [0.25, 0.3) is 5.69 Å². The van der Waals surface area contributed by atoms with Gasteiger partial charge in [-0.05, 0) is 19.1 Å². The van der Waals surface area contributed by atoms with E-state index < -0.39 is 34.4 Å². The fourth-order valence-electron chi connectivity index (χ4n) is 2.63. The van der Waals surface area contributed by atoms with Crippen LogP contribution in [0.3, 0.4) is 0 Å². The number of rotatable bonds is 7. The molecule has 0 amide bonds. The number of nitro benzene ring substituents is 1. The number of esters is 1. The summed E-state index contributed by atoms with van der Waals surface area (Å²) < 4.78 is 43.6. The van der Waals surface area contributed by atoms with E-state index in [0.717, 1.165) is 16.6 Å². The van der Waals surface area contributed by atoms with Gasteiger partial charge in [0.05, 0.1) is 16.2 Å². The lowest BCUT2D eigenvalue weighted by Gasteiger charge is -2.15. The molecule has 7 nitrogen and oxygen atoms in total. The molecule has 0 saturated heterocycles. The quantitative estimate of drug-likeness (QED) is 0.298. The molecule has 0 radical (unpaired) electrons. The molecule has 0 fully saturated rings. The highest BCUT2D eigenvalue weighted by Crippen LogP contribution is 2.35. The summed E-state index contributed by atoms with van der Waals surface area (Å²) >= 11 is 1.39. The zero-order valence-corrected chi connectivity index (χ0v) is 16.9. The Kier molecular flexibility index (Phi) is 6.54. The number of carbonyl (C=O) groups excluding carboxylic acids is 1. The van der Waals surface area contributed by atoms with Crippen molar-refractivity contribution in [2.75, 3.05) is 5.32 Å². The summed E-state index contributed by atoms with van der Waals surface area (Å²) in [7, 11) is 0. The highest BCUT2D eigenvalue weighted by Gasteiger charge is 2.33. The number of anilines is 1. The molecule has 1 heterocycles. The minimum Gasteiger partial charge on any atom is -0.458 e. The maximum absolute atomic E-state index is 12.8. The van der Waals surface area contributed by atoms with E-state index in [9.17, 15) is 28.1 Å². The van der Waals surface area contributed by atoms with E-state index in [0.29, 0.717) is 17.8 Å². The van der Waals surface area contributed by atoms with Crippen LogP contribution in [0.25, 0.3) is 10.6 Å². The first-order chi connectivity index (χ1) is 14.6. The third-order valence-electron chi connectivity index (χ3n) is 4.18. The Morgan fingerprint density at radius 3 is 2.61 bits per heavy atom. The highest BCUT2D eigenvalue weighted by molar-refractivity contribution is 7.13. The molecule has 11 heteroatoms. The molecular formula is C20H16F3N3O4S. The van der Waals surface area contributed by atoms with Crippen molar-refractivity contribution >= 4 is 28.7 Å². The normalized spacial score (nSPS) is 12.3. The topological polar surface area (TPSA) is 94.4 Å². The lowest BCUT2D eigenvalue weighted by atomic mass is 10.1. The number of halogens is 3. The van der Waals surface area contributed by atoms with Gasteiger partial charge < -0.3 is 10.1 Å². The van der Waals surface area contributed by atoms with Crippen LogP contribution in [0.4, 0.5) is 24.5 Å². The molecule has 0 aliphatic heterocycles. The Balaban J connectivity index is 1.63. The molecule has 3 aromatic rings. The lowest BCUT2D eigenvalue weighted by Crippen LogP contribution is -2.28. The second-order valence-electron chi connectivity index (χ2n) is 6.47. The van der Waals surface area contributed by atoms with Crippen molar-refractivity contribution in [3.63, 3.8) is 0 Å². The van der Waals surface area contributed by atoms with Crippen LogP contribution in [0.15, 0.2) is 53.9 Å². The largest absolute Gasteiger partial charge is 0.458 e. The molecule has 2 aromatic carbocycles. The smallest absolute Gasteiger partial charge is 0.416 e. The van der Waals surface area contributed by atoms with E-state index in [1.54, 1.807) is 5.38 Å². The summed E-state index contributed by atoms with van der Waals surface area (Å²) in [5.74, 6) is -0.733. The number of aromatic nitrogens is 1. The summed E-state index contributed by atoms with van der Waals surface area (Å²) in [5.41, 5.74) is -0.707. The van der Waals surface area contributed by atoms with Gasteiger partial charge in [0.1, 0.15) is 23.3 Å². The van der Waals surface area contributed by atoms with E-state index in [1.165, 1.54) is 18.3 Å². The van der Waals surface area contributed by atoms with Crippen LogP contribution >= 0.6 is 11.3 Å². The summed E-state index contributed by atoms with van der Waals surface area (Å²) in [6, 6.07) is 10.4. The second kappa shape index (κ2) is 9.13. The van der Waals surface area contributed by atoms with E-state index >= 15 is 0 Å². The molecule has 0 bridgehead atoms. The first kappa shape index (κ1) is 22.2. The zero-order chi connectivity index (χ0) is 22.6. The van der Waals surface area contributed by atoms with Gasteiger partial charge in [0.2, 0.25) is 0 Å². The molecular weight excluding hydrogens is 435 g/mol. The Hall–Kier alpha value is -3.47. The maximum Gasteiger partial charge on any atom is 0.416 e. The molecule has 31 heavy (non-hydrogen) atoms. The standard InChI is InChI=1S/C20H16F3N3O4S/c1-12(24-16-8-7-14(20(21,22)23)9-17(16)26(28)29)19(27)30-10-15-11-31-18(25-15)13-5-3-2-4-6-13/h2-9,11-12,24H,10H2,1H3/t12-/m0/s1. The number of benzene rings is 2. The number of hydrogen-bond acceptors (Lipinski definition) is 7. The van der Waals surface area contributed by atoms with Crippen molar-refractivity contribution in [3.05, 3.63) is 75.3 Å². The number of carbonyl (C=O) groups is 1. The predicted molar refractivity (Wildman–Crippen MR) is 109 cm³/mol. The van der Waals surface area contributed by atoms with Crippen LogP contribution in [-0.2, 0) is 22.3 Å². The van der Waals surface area contributed by atoms with Crippen LogP contribution < -0.4 is 5.32 Å². The van der Waals surface area contributed by atoms with Gasteiger partial charge >= 0.3 is 12.1 Å². The van der Waals surface area contributed by atoms with E-state index in [-0.39, 0.29) is 12.3 Å². The number of nitrogens with one attached hydrogen (secondary N) is 1. The molecule has 0 spiro atoms. The van der Waals surface area contributed by atoms with E-state index in [4.69, 9.17) is 4.74 Å². The monoisotopic (exact) mass is 451 g/mol. The average Bonchev–Trinajstić information content (AvgIpc) is 3.21. The minimum absolute atomic E-state index is 0.108. The van der Waals surface area contributed by atoms with Crippen LogP contribution in [0.5, 0.6) is 0 Å². The highest BCUT2D eigenvalue weighted by atomic mass is 32.1. The van der Waals surface area contributed by atoms with Crippen LogP contribution in [0, 0.1) is 10.1 Å². The number of nitrogens with zero attached hydrogens (tertiary/aromatic N) is 2. The van der Waals surface area contributed by atoms with Crippen LogP contribution in [0.1, 0.15) is 18.2 Å². The number of hydrogen-bond donors (Lipinski definition) is 1. The minimum atomic E-state index is -4.72. The zero-order valence-electron chi connectivity index (χ0n) is 16.1. The molecule has 1 atom stereocenters. The summed E-state index contributed by atoms with van der Waals surface area (Å²) in [4.78, 5) is 26.8. The van der Waals surface area contributed by atoms with Crippen molar-refractivity contribution in [2.45, 2.75) is 25.7 Å². The van der Waals surface area contributed by atoms with Gasteiger partial charge in [-0.3, -0.25) is 10.1 Å². The van der Waals surface area contributed by atoms with E-state index in [1.807, 2.05) is 30.3 Å². The molecule has 1 aromatic heterocycles. The summed E-state index contributed by atoms with van der Waals surface area (Å²) in [5, 5.41) is 16.2. The molecule has 0 aliphatic rings. The first-order valence-electron chi connectivity index (χ1n) is 8.94. The van der Waals surface area contributed by atoms with Gasteiger partial charge in [0, 0.05) is 17.0 Å². The van der Waals surface area contributed by atoms with Gasteiger partial charge in [0.15, 0.2) is 0 Å². The van der Waals surface area contributed by atoms with Crippen LogP contribution in [0.2, 0.25) is 0 Å². The molecule has 0 unspecified atom stereocenters. The fraction of sp³-hybridized carbons (Fsp3) is 0.200. The first-order valence-corrected chi connectivity index (χ1v) is 9.81. The summed E-state index contributed by atoms with van der Waals surface area (Å²) in [6.45, 7) is 1.28. The third-order valence-corrected chi connectivity index (χ3v) is 5.12. The van der Waals surface area contributed by atoms with Crippen molar-refractivity contribution in [1.29, 1.82) is 0 Å². The number of nitro groups is 1. The average molecular weight is 451 g/mol. The number of thiazole rings is 1. The molecule has 0 saturated carbocycles. The second-order valence-corrected chi connectivity index (χ2v) is 7.33. The summed E-state index contributed by atoms with van der Waals surface area (Å²) in [6.07, 6.45) is -4.72. The predicted octanol–water partition coefficient (Wildman–Crippen LogP) is 5.28. The van der Waals surface area contributed by atoms with Crippen molar-refractivity contribution in [1.82, 2.24) is 4.98 Å². The SMILES string of the molecule is C[C@H](Nc1ccc(C(F)(F)F)cc1[N+](=O)[O-])C(=O)OCc1csc(-c2ccccc2)n1. The molecule has 0 aliphatic carbocycles. The van der Waals surface area contributed by atoms with E-state index in [2.05, 4.69) is 10.3 Å². The molecule has 162 valence electrons. The van der Waals surface area contributed by atoms with Crippen molar-refractivity contribution in [2.24, 2.45) is 0 Å². The molecule has 3 rings (SSSR count). The number of alkyl halides is 3. The Morgan fingerprint density at radius 2 is 1.97 bits per heavy atom. The third kappa shape index (κ3) is 5.57. The maximum atomic E-state index is 12.8. The number of ether oxygens (including phenoxy) is 1. The fourth-order valence-corrected chi connectivity index (χ4v) is 3.44. The van der Waals surface area contributed by atoms with Gasteiger partial charge in [-0.15, -0.1) is 11.3 Å². The molecule has 1 N–H and O–H groups in total. The Morgan fingerprint density at radius 1 is 1.26 bits per heavy atom.